The smallest absolute Gasteiger partial charge is 0.296 e. The molecule has 0 atom stereocenters. The van der Waals surface area contributed by atoms with Crippen molar-refractivity contribution in [3.05, 3.63) is 52.8 Å². The standard InChI is InChI=1S/C12H11N3O3/c1-18-10-4-5-11(12(7-10)15(16)17)14-9-3-2-6-13-8-9/h2-8,14H,1H3. The quantitative estimate of drug-likeness (QED) is 0.662. The third-order valence-corrected chi connectivity index (χ3v) is 2.34. The summed E-state index contributed by atoms with van der Waals surface area (Å²) in [6, 6.07) is 8.16. The van der Waals surface area contributed by atoms with E-state index in [1.807, 2.05) is 0 Å². The van der Waals surface area contributed by atoms with Gasteiger partial charge in [-0.2, -0.15) is 0 Å². The fraction of sp³-hybridized carbons (Fsp3) is 0.0833. The molecule has 0 unspecified atom stereocenters. The first-order valence-corrected chi connectivity index (χ1v) is 5.20. The van der Waals surface area contributed by atoms with Crippen LogP contribution in [0.5, 0.6) is 5.75 Å². The Balaban J connectivity index is 2.35. The molecule has 0 bridgehead atoms. The third kappa shape index (κ3) is 2.54. The highest BCUT2D eigenvalue weighted by molar-refractivity contribution is 5.70. The molecule has 0 fully saturated rings. The van der Waals surface area contributed by atoms with Gasteiger partial charge in [-0.3, -0.25) is 15.1 Å². The van der Waals surface area contributed by atoms with E-state index in [2.05, 4.69) is 10.3 Å². The summed E-state index contributed by atoms with van der Waals surface area (Å²) < 4.78 is 4.97. The van der Waals surface area contributed by atoms with Gasteiger partial charge in [-0.1, -0.05) is 0 Å². The minimum Gasteiger partial charge on any atom is -0.496 e. The van der Waals surface area contributed by atoms with Gasteiger partial charge in [-0.25, -0.2) is 0 Å². The second-order valence-corrected chi connectivity index (χ2v) is 3.51. The number of nitrogens with zero attached hydrogens (tertiary/aromatic N) is 2. The lowest BCUT2D eigenvalue weighted by Crippen LogP contribution is -1.98. The Hall–Kier alpha value is -2.63. The topological polar surface area (TPSA) is 77.3 Å². The Bertz CT molecular complexity index is 558. The van der Waals surface area contributed by atoms with Crippen molar-refractivity contribution in [3.8, 4) is 5.75 Å². The zero-order valence-electron chi connectivity index (χ0n) is 9.66. The number of nitro benzene ring substituents is 1. The van der Waals surface area contributed by atoms with E-state index in [0.29, 0.717) is 17.1 Å². The van der Waals surface area contributed by atoms with Crippen LogP contribution in [0.15, 0.2) is 42.7 Å². The normalized spacial score (nSPS) is 9.83. The van der Waals surface area contributed by atoms with E-state index in [-0.39, 0.29) is 5.69 Å². The number of hydrogen-bond donors (Lipinski definition) is 1. The van der Waals surface area contributed by atoms with Gasteiger partial charge in [-0.15, -0.1) is 0 Å². The van der Waals surface area contributed by atoms with Crippen LogP contribution in [0, 0.1) is 10.1 Å². The second kappa shape index (κ2) is 5.13. The molecule has 0 saturated carbocycles. The highest BCUT2D eigenvalue weighted by Gasteiger charge is 2.15. The Morgan fingerprint density at radius 2 is 2.22 bits per heavy atom. The zero-order chi connectivity index (χ0) is 13.0. The molecule has 1 heterocycles. The predicted octanol–water partition coefficient (Wildman–Crippen LogP) is 2.74. The van der Waals surface area contributed by atoms with Gasteiger partial charge in [0.15, 0.2) is 0 Å². The lowest BCUT2D eigenvalue weighted by molar-refractivity contribution is -0.384. The van der Waals surface area contributed by atoms with Gasteiger partial charge in [0.1, 0.15) is 11.4 Å². The van der Waals surface area contributed by atoms with E-state index in [4.69, 9.17) is 4.74 Å². The molecule has 1 aromatic heterocycles. The van der Waals surface area contributed by atoms with Crippen LogP contribution in [0.4, 0.5) is 17.1 Å². The molecular weight excluding hydrogens is 234 g/mol. The van der Waals surface area contributed by atoms with Crippen molar-refractivity contribution in [2.75, 3.05) is 12.4 Å². The highest BCUT2D eigenvalue weighted by Crippen LogP contribution is 2.30. The number of anilines is 2. The van der Waals surface area contributed by atoms with Gasteiger partial charge in [0.05, 0.1) is 30.0 Å². The van der Waals surface area contributed by atoms with Crippen LogP contribution in [0.3, 0.4) is 0 Å². The molecule has 92 valence electrons. The summed E-state index contributed by atoms with van der Waals surface area (Å²) in [7, 11) is 1.47. The molecule has 6 heteroatoms. The fourth-order valence-electron chi connectivity index (χ4n) is 1.49. The van der Waals surface area contributed by atoms with Crippen molar-refractivity contribution in [3.63, 3.8) is 0 Å². The van der Waals surface area contributed by atoms with Crippen LogP contribution in [0.1, 0.15) is 0 Å². The molecule has 0 aliphatic heterocycles. The van der Waals surface area contributed by atoms with Crippen molar-refractivity contribution in [2.24, 2.45) is 0 Å². The molecule has 0 saturated heterocycles. The average Bonchev–Trinajstić information content (AvgIpc) is 2.40. The molecule has 2 aromatic rings. The summed E-state index contributed by atoms with van der Waals surface area (Å²) in [6.45, 7) is 0. The van der Waals surface area contributed by atoms with Gasteiger partial charge in [0.2, 0.25) is 0 Å². The van der Waals surface area contributed by atoms with E-state index in [0.717, 1.165) is 0 Å². The van der Waals surface area contributed by atoms with Crippen LogP contribution in [0.2, 0.25) is 0 Å². The number of nitrogens with one attached hydrogen (secondary N) is 1. The molecule has 0 spiro atoms. The second-order valence-electron chi connectivity index (χ2n) is 3.51. The number of methoxy groups -OCH3 is 1. The van der Waals surface area contributed by atoms with Crippen molar-refractivity contribution in [1.29, 1.82) is 0 Å². The van der Waals surface area contributed by atoms with Gasteiger partial charge < -0.3 is 10.1 Å². The van der Waals surface area contributed by atoms with E-state index in [1.54, 1.807) is 36.7 Å². The number of pyridine rings is 1. The molecule has 6 nitrogen and oxygen atoms in total. The van der Waals surface area contributed by atoms with Crippen molar-refractivity contribution in [2.45, 2.75) is 0 Å². The Labute approximate surface area is 103 Å². The average molecular weight is 245 g/mol. The van der Waals surface area contributed by atoms with Crippen LogP contribution < -0.4 is 10.1 Å². The number of ether oxygens (including phenoxy) is 1. The number of hydrogen-bond acceptors (Lipinski definition) is 5. The van der Waals surface area contributed by atoms with Gasteiger partial charge in [0.25, 0.3) is 5.69 Å². The minimum absolute atomic E-state index is 0.0433. The van der Waals surface area contributed by atoms with Crippen LogP contribution in [-0.4, -0.2) is 17.0 Å². The maximum atomic E-state index is 11.0. The SMILES string of the molecule is COc1ccc(Nc2cccnc2)c([N+](=O)[O-])c1. The van der Waals surface area contributed by atoms with Crippen molar-refractivity contribution >= 4 is 17.1 Å². The van der Waals surface area contributed by atoms with Crippen molar-refractivity contribution < 1.29 is 9.66 Å². The summed E-state index contributed by atoms with van der Waals surface area (Å²) in [5.41, 5.74) is 1.04. The maximum absolute atomic E-state index is 11.0. The molecule has 1 N–H and O–H groups in total. The predicted molar refractivity (Wildman–Crippen MR) is 67.2 cm³/mol. The first-order chi connectivity index (χ1) is 8.70. The molecule has 18 heavy (non-hydrogen) atoms. The van der Waals surface area contributed by atoms with Crippen LogP contribution >= 0.6 is 0 Å². The monoisotopic (exact) mass is 245 g/mol. The van der Waals surface area contributed by atoms with Crippen LogP contribution in [-0.2, 0) is 0 Å². The van der Waals surface area contributed by atoms with Crippen LogP contribution in [0.25, 0.3) is 0 Å². The Kier molecular flexibility index (Phi) is 3.38. The van der Waals surface area contributed by atoms with E-state index >= 15 is 0 Å². The molecular formula is C12H11N3O3. The maximum Gasteiger partial charge on any atom is 0.296 e. The van der Waals surface area contributed by atoms with Gasteiger partial charge in [-0.05, 0) is 24.3 Å². The van der Waals surface area contributed by atoms with Crippen molar-refractivity contribution in [1.82, 2.24) is 4.98 Å². The van der Waals surface area contributed by atoms with E-state index in [1.165, 1.54) is 13.2 Å². The Morgan fingerprint density at radius 1 is 1.39 bits per heavy atom. The lowest BCUT2D eigenvalue weighted by Gasteiger charge is -2.07. The molecule has 0 radical (unpaired) electrons. The number of rotatable bonds is 4. The van der Waals surface area contributed by atoms with Gasteiger partial charge in [0, 0.05) is 6.20 Å². The van der Waals surface area contributed by atoms with Gasteiger partial charge >= 0.3 is 0 Å². The largest absolute Gasteiger partial charge is 0.496 e. The summed E-state index contributed by atoms with van der Waals surface area (Å²) in [5, 5.41) is 13.9. The third-order valence-electron chi connectivity index (χ3n) is 2.34. The molecule has 0 aliphatic rings. The summed E-state index contributed by atoms with van der Waals surface area (Å²) >= 11 is 0. The van der Waals surface area contributed by atoms with E-state index < -0.39 is 4.92 Å². The van der Waals surface area contributed by atoms with E-state index in [9.17, 15) is 10.1 Å². The highest BCUT2D eigenvalue weighted by atomic mass is 16.6. The molecule has 0 aliphatic carbocycles. The lowest BCUT2D eigenvalue weighted by atomic mass is 10.2. The molecule has 0 amide bonds. The number of benzene rings is 1. The Morgan fingerprint density at radius 3 is 2.83 bits per heavy atom. The number of aromatic nitrogens is 1. The summed E-state index contributed by atoms with van der Waals surface area (Å²) in [5.74, 6) is 0.443. The zero-order valence-corrected chi connectivity index (χ0v) is 9.66. The summed E-state index contributed by atoms with van der Waals surface area (Å²) in [4.78, 5) is 14.4. The minimum atomic E-state index is -0.457. The molecule has 1 aromatic carbocycles. The first kappa shape index (κ1) is 11.8. The summed E-state index contributed by atoms with van der Waals surface area (Å²) in [6.07, 6.45) is 3.22. The number of nitro groups is 1. The molecule has 2 rings (SSSR count). The fourth-order valence-corrected chi connectivity index (χ4v) is 1.49. The first-order valence-electron chi connectivity index (χ1n) is 5.20.